The van der Waals surface area contributed by atoms with Gasteiger partial charge in [0.05, 0.1) is 25.7 Å². The van der Waals surface area contributed by atoms with E-state index in [-0.39, 0.29) is 32.2 Å². The van der Waals surface area contributed by atoms with Crippen molar-refractivity contribution in [1.29, 1.82) is 0 Å². The molecule has 1 aliphatic heterocycles. The number of rotatable bonds is 8. The highest BCUT2D eigenvalue weighted by Gasteiger charge is 2.49. The van der Waals surface area contributed by atoms with E-state index in [0.717, 1.165) is 10.4 Å². The summed E-state index contributed by atoms with van der Waals surface area (Å²) in [5.74, 6) is -0.925. The summed E-state index contributed by atoms with van der Waals surface area (Å²) in [6.45, 7) is 3.08. The lowest BCUT2D eigenvalue weighted by Gasteiger charge is -2.25. The molecule has 0 aliphatic carbocycles. The van der Waals surface area contributed by atoms with Gasteiger partial charge in [-0.15, -0.1) is 11.3 Å². The molecule has 1 aliphatic rings. The first kappa shape index (κ1) is 20.3. The molecule has 1 aromatic heterocycles. The van der Waals surface area contributed by atoms with Crippen molar-refractivity contribution in [3.8, 4) is 0 Å². The first-order chi connectivity index (χ1) is 12.3. The van der Waals surface area contributed by atoms with Gasteiger partial charge in [-0.2, -0.15) is 0 Å². The number of nitrogens with zero attached hydrogens (tertiary/aromatic N) is 1. The number of nitrogens with one attached hydrogen (secondary N) is 2. The number of aryl methyl sites for hydroxylation is 1. The molecule has 1 fully saturated rings. The molecule has 0 bridgehead atoms. The lowest BCUT2D eigenvalue weighted by Crippen LogP contribution is -2.48. The van der Waals surface area contributed by atoms with Crippen molar-refractivity contribution in [2.75, 3.05) is 26.8 Å². The molecule has 3 amide bonds. The van der Waals surface area contributed by atoms with Crippen LogP contribution in [0.15, 0.2) is 11.4 Å². The molecule has 2 rings (SSSR count). The summed E-state index contributed by atoms with van der Waals surface area (Å²) in [4.78, 5) is 37.6. The average molecular weight is 385 g/mol. The fourth-order valence-electron chi connectivity index (χ4n) is 3.09. The minimum absolute atomic E-state index is 0.143. The molecular formula is C17H24FN3O4S. The number of thiophene rings is 1. The normalized spacial score (nSPS) is 23.5. The van der Waals surface area contributed by atoms with Crippen LogP contribution in [0.4, 0.5) is 4.39 Å². The highest BCUT2D eigenvalue weighted by atomic mass is 32.1. The summed E-state index contributed by atoms with van der Waals surface area (Å²) in [7, 11) is 1.37. The number of carbonyl (C=O) groups excluding carboxylic acids is 3. The molecule has 26 heavy (non-hydrogen) atoms. The van der Waals surface area contributed by atoms with Crippen LogP contribution in [0.2, 0.25) is 0 Å². The van der Waals surface area contributed by atoms with Crippen molar-refractivity contribution < 1.29 is 23.5 Å². The standard InChI is InChI=1S/C17H24FN3O4S/c1-11-4-14(26-7-11)12(2)20-16(24)13-5-17(18,9-25-3)8-21(13)15(23)6-19-10-22/h4,7,10,12-13H,5-6,8-9H2,1-3H3,(H,19,22)(H,20,24)/t12-,13?,17-/m1/s1. The quantitative estimate of drug-likeness (QED) is 0.652. The van der Waals surface area contributed by atoms with E-state index in [0.29, 0.717) is 6.41 Å². The van der Waals surface area contributed by atoms with Crippen molar-refractivity contribution >= 4 is 29.6 Å². The Balaban J connectivity index is 2.11. The van der Waals surface area contributed by atoms with Crippen molar-refractivity contribution in [1.82, 2.24) is 15.5 Å². The predicted molar refractivity (Wildman–Crippen MR) is 95.5 cm³/mol. The molecule has 0 saturated carbocycles. The van der Waals surface area contributed by atoms with E-state index in [1.165, 1.54) is 23.3 Å². The summed E-state index contributed by atoms with van der Waals surface area (Å²) in [5.41, 5.74) is -0.692. The summed E-state index contributed by atoms with van der Waals surface area (Å²) < 4.78 is 19.8. The fourth-order valence-corrected chi connectivity index (χ4v) is 3.99. The molecule has 0 aromatic carbocycles. The number of amides is 3. The van der Waals surface area contributed by atoms with Gasteiger partial charge < -0.3 is 20.3 Å². The predicted octanol–water partition coefficient (Wildman–Crippen LogP) is 0.935. The van der Waals surface area contributed by atoms with Crippen LogP contribution in [0.3, 0.4) is 0 Å². The molecule has 1 unspecified atom stereocenters. The van der Waals surface area contributed by atoms with E-state index >= 15 is 0 Å². The van der Waals surface area contributed by atoms with E-state index in [9.17, 15) is 18.8 Å². The number of hydrogen-bond acceptors (Lipinski definition) is 5. The highest BCUT2D eigenvalue weighted by molar-refractivity contribution is 7.10. The van der Waals surface area contributed by atoms with E-state index in [2.05, 4.69) is 10.6 Å². The summed E-state index contributed by atoms with van der Waals surface area (Å²) in [6.07, 6.45) is 0.248. The van der Waals surface area contributed by atoms with Crippen molar-refractivity contribution in [2.45, 2.75) is 38.0 Å². The van der Waals surface area contributed by atoms with E-state index < -0.39 is 23.5 Å². The molecule has 9 heteroatoms. The van der Waals surface area contributed by atoms with E-state index in [1.54, 1.807) is 0 Å². The van der Waals surface area contributed by atoms with Gasteiger partial charge in [-0.25, -0.2) is 4.39 Å². The zero-order valence-electron chi connectivity index (χ0n) is 15.1. The Hall–Kier alpha value is -2.00. The summed E-state index contributed by atoms with van der Waals surface area (Å²) >= 11 is 1.53. The average Bonchev–Trinajstić information content (AvgIpc) is 3.17. The molecule has 3 atom stereocenters. The Kier molecular flexibility index (Phi) is 6.71. The van der Waals surface area contributed by atoms with Crippen LogP contribution in [0.1, 0.15) is 29.8 Å². The van der Waals surface area contributed by atoms with Crippen LogP contribution in [-0.4, -0.2) is 61.6 Å². The van der Waals surface area contributed by atoms with Gasteiger partial charge in [0.25, 0.3) is 0 Å². The van der Waals surface area contributed by atoms with Crippen LogP contribution >= 0.6 is 11.3 Å². The minimum atomic E-state index is -1.80. The van der Waals surface area contributed by atoms with Crippen LogP contribution < -0.4 is 10.6 Å². The molecule has 7 nitrogen and oxygen atoms in total. The van der Waals surface area contributed by atoms with Crippen LogP contribution in [0.5, 0.6) is 0 Å². The first-order valence-corrected chi connectivity index (χ1v) is 9.17. The molecule has 144 valence electrons. The fraction of sp³-hybridized carbons (Fsp3) is 0.588. The number of hydrogen-bond donors (Lipinski definition) is 2. The van der Waals surface area contributed by atoms with E-state index in [4.69, 9.17) is 4.74 Å². The maximum Gasteiger partial charge on any atom is 0.243 e. The second kappa shape index (κ2) is 8.59. The zero-order chi connectivity index (χ0) is 19.3. The maximum absolute atomic E-state index is 14.9. The second-order valence-electron chi connectivity index (χ2n) is 6.58. The number of alkyl halides is 1. The van der Waals surface area contributed by atoms with Gasteiger partial charge in [0.15, 0.2) is 5.67 Å². The third-order valence-electron chi connectivity index (χ3n) is 4.29. The summed E-state index contributed by atoms with van der Waals surface area (Å²) in [5, 5.41) is 7.10. The molecular weight excluding hydrogens is 361 g/mol. The molecule has 1 saturated heterocycles. The topological polar surface area (TPSA) is 87.7 Å². The number of halogens is 1. The van der Waals surface area contributed by atoms with Crippen molar-refractivity contribution in [2.24, 2.45) is 0 Å². The van der Waals surface area contributed by atoms with Gasteiger partial charge in [0.1, 0.15) is 6.04 Å². The highest BCUT2D eigenvalue weighted by Crippen LogP contribution is 2.32. The largest absolute Gasteiger partial charge is 0.381 e. The number of methoxy groups -OCH3 is 1. The third kappa shape index (κ3) is 4.79. The Labute approximate surface area is 155 Å². The molecule has 1 aromatic rings. The van der Waals surface area contributed by atoms with Gasteiger partial charge in [0.2, 0.25) is 18.2 Å². The Morgan fingerprint density at radius 2 is 2.31 bits per heavy atom. The molecule has 0 spiro atoms. The Morgan fingerprint density at radius 3 is 2.88 bits per heavy atom. The van der Waals surface area contributed by atoms with Gasteiger partial charge >= 0.3 is 0 Å². The summed E-state index contributed by atoms with van der Waals surface area (Å²) in [6, 6.07) is 0.786. The zero-order valence-corrected chi connectivity index (χ0v) is 15.9. The first-order valence-electron chi connectivity index (χ1n) is 8.29. The number of ether oxygens (including phenoxy) is 1. The smallest absolute Gasteiger partial charge is 0.243 e. The number of carbonyl (C=O) groups is 3. The molecule has 2 heterocycles. The maximum atomic E-state index is 14.9. The monoisotopic (exact) mass is 385 g/mol. The second-order valence-corrected chi connectivity index (χ2v) is 7.52. The minimum Gasteiger partial charge on any atom is -0.381 e. The van der Waals surface area contributed by atoms with Gasteiger partial charge in [0, 0.05) is 18.4 Å². The van der Waals surface area contributed by atoms with Crippen LogP contribution in [-0.2, 0) is 19.1 Å². The number of likely N-dealkylation sites (tertiary alicyclic amines) is 1. The van der Waals surface area contributed by atoms with Crippen molar-refractivity contribution in [3.63, 3.8) is 0 Å². The van der Waals surface area contributed by atoms with Gasteiger partial charge in [-0.3, -0.25) is 14.4 Å². The van der Waals surface area contributed by atoms with Crippen LogP contribution in [0.25, 0.3) is 0 Å². The van der Waals surface area contributed by atoms with Crippen LogP contribution in [0, 0.1) is 6.92 Å². The molecule has 0 radical (unpaired) electrons. The Morgan fingerprint density at radius 1 is 1.58 bits per heavy atom. The van der Waals surface area contributed by atoms with Gasteiger partial charge in [-0.05, 0) is 30.9 Å². The lowest BCUT2D eigenvalue weighted by atomic mass is 10.0. The SMILES string of the molecule is COC[C@@]1(F)CC(C(=O)N[C@H](C)c2cc(C)cs2)N(C(=O)CNC=O)C1. The third-order valence-corrected chi connectivity index (χ3v) is 5.52. The van der Waals surface area contributed by atoms with Gasteiger partial charge in [-0.1, -0.05) is 0 Å². The lowest BCUT2D eigenvalue weighted by molar-refractivity contribution is -0.138. The van der Waals surface area contributed by atoms with Crippen molar-refractivity contribution in [3.05, 3.63) is 21.9 Å². The molecule has 2 N–H and O–H groups in total. The Bertz CT molecular complexity index is 668. The van der Waals surface area contributed by atoms with E-state index in [1.807, 2.05) is 25.3 Å².